The van der Waals surface area contributed by atoms with Gasteiger partial charge in [0.2, 0.25) is 0 Å². The molecule has 0 radical (unpaired) electrons. The number of furan rings is 1. The van der Waals surface area contributed by atoms with Gasteiger partial charge in [0.25, 0.3) is 0 Å². The lowest BCUT2D eigenvalue weighted by atomic mass is 10.1. The van der Waals surface area contributed by atoms with Gasteiger partial charge in [-0.15, -0.1) is 0 Å². The molecule has 142 valence electrons. The Labute approximate surface area is 165 Å². The van der Waals surface area contributed by atoms with E-state index in [9.17, 15) is 0 Å². The highest BCUT2D eigenvalue weighted by Gasteiger charge is 2.12. The molecule has 0 spiro atoms. The first-order valence-electron chi connectivity index (χ1n) is 9.73. The van der Waals surface area contributed by atoms with Crippen molar-refractivity contribution in [2.24, 2.45) is 0 Å². The van der Waals surface area contributed by atoms with E-state index in [1.165, 1.54) is 12.0 Å². The van der Waals surface area contributed by atoms with Crippen LogP contribution in [0.1, 0.15) is 24.8 Å². The lowest BCUT2D eigenvalue weighted by molar-refractivity contribution is 0.306. The van der Waals surface area contributed by atoms with Crippen LogP contribution in [-0.4, -0.2) is 16.6 Å². The Kier molecular flexibility index (Phi) is 5.88. The van der Waals surface area contributed by atoms with Gasteiger partial charge in [-0.1, -0.05) is 30.3 Å². The SMILES string of the molecule is c1ccc(CCCCCOc2ccc(-c3cnc[nH]3)cc2-c2ccco2)cc1. The number of aryl methyl sites for hydroxylation is 1. The molecule has 0 aliphatic rings. The van der Waals surface area contributed by atoms with Crippen molar-refractivity contribution in [1.29, 1.82) is 0 Å². The monoisotopic (exact) mass is 372 g/mol. The summed E-state index contributed by atoms with van der Waals surface area (Å²) in [6.45, 7) is 0.700. The van der Waals surface area contributed by atoms with Crippen LogP contribution < -0.4 is 4.74 Å². The van der Waals surface area contributed by atoms with E-state index in [2.05, 4.69) is 46.4 Å². The normalized spacial score (nSPS) is 10.9. The van der Waals surface area contributed by atoms with Crippen LogP contribution in [0.2, 0.25) is 0 Å². The maximum atomic E-state index is 6.10. The van der Waals surface area contributed by atoms with E-state index >= 15 is 0 Å². The number of unbranched alkanes of at least 4 members (excludes halogenated alkanes) is 2. The second-order valence-corrected chi connectivity index (χ2v) is 6.80. The van der Waals surface area contributed by atoms with Crippen LogP contribution in [0.4, 0.5) is 0 Å². The minimum atomic E-state index is 0.700. The molecule has 4 nitrogen and oxygen atoms in total. The van der Waals surface area contributed by atoms with Crippen LogP contribution in [0, 0.1) is 0 Å². The van der Waals surface area contributed by atoms with Gasteiger partial charge in [0.15, 0.2) is 0 Å². The highest BCUT2D eigenvalue weighted by molar-refractivity contribution is 5.73. The molecule has 0 atom stereocenters. The fourth-order valence-electron chi connectivity index (χ4n) is 3.30. The van der Waals surface area contributed by atoms with Crippen LogP contribution in [0.3, 0.4) is 0 Å². The predicted molar refractivity (Wildman–Crippen MR) is 111 cm³/mol. The molecule has 4 rings (SSSR count). The number of ether oxygens (including phenoxy) is 1. The summed E-state index contributed by atoms with van der Waals surface area (Å²) in [6.07, 6.45) is 9.67. The standard InChI is InChI=1S/C24H24N2O2/c1-3-8-19(9-4-1)10-5-2-6-14-27-24-13-12-20(22-17-25-18-26-22)16-21(24)23-11-7-15-28-23/h1,3-4,7-9,11-13,15-18H,2,5-6,10,14H2,(H,25,26). The number of nitrogens with one attached hydrogen (secondary N) is 1. The molecular formula is C24H24N2O2. The fourth-order valence-corrected chi connectivity index (χ4v) is 3.30. The third-order valence-corrected chi connectivity index (χ3v) is 4.79. The van der Waals surface area contributed by atoms with Gasteiger partial charge in [-0.2, -0.15) is 0 Å². The van der Waals surface area contributed by atoms with E-state index in [1.54, 1.807) is 12.6 Å². The van der Waals surface area contributed by atoms with Crippen molar-refractivity contribution in [2.45, 2.75) is 25.7 Å². The molecule has 2 aromatic carbocycles. The van der Waals surface area contributed by atoms with Gasteiger partial charge in [0, 0.05) is 5.56 Å². The lowest BCUT2D eigenvalue weighted by Gasteiger charge is -2.12. The summed E-state index contributed by atoms with van der Waals surface area (Å²) in [7, 11) is 0. The molecule has 1 N–H and O–H groups in total. The highest BCUT2D eigenvalue weighted by atomic mass is 16.5. The molecule has 0 aliphatic carbocycles. The van der Waals surface area contributed by atoms with E-state index in [0.717, 1.165) is 47.6 Å². The molecule has 0 amide bonds. The summed E-state index contributed by atoms with van der Waals surface area (Å²) in [5, 5.41) is 0. The first-order valence-corrected chi connectivity index (χ1v) is 9.73. The number of imidazole rings is 1. The molecule has 0 saturated carbocycles. The smallest absolute Gasteiger partial charge is 0.137 e. The van der Waals surface area contributed by atoms with Crippen LogP contribution in [0.5, 0.6) is 5.75 Å². The van der Waals surface area contributed by atoms with Crippen LogP contribution >= 0.6 is 0 Å². The summed E-state index contributed by atoms with van der Waals surface area (Å²) in [5.74, 6) is 1.65. The lowest BCUT2D eigenvalue weighted by Crippen LogP contribution is -1.99. The van der Waals surface area contributed by atoms with E-state index in [4.69, 9.17) is 9.15 Å². The van der Waals surface area contributed by atoms with Gasteiger partial charge in [-0.25, -0.2) is 4.98 Å². The van der Waals surface area contributed by atoms with Crippen LogP contribution in [-0.2, 0) is 6.42 Å². The van der Waals surface area contributed by atoms with Crippen LogP contribution in [0.25, 0.3) is 22.6 Å². The number of hydrogen-bond acceptors (Lipinski definition) is 3. The Morgan fingerprint density at radius 1 is 0.929 bits per heavy atom. The average molecular weight is 372 g/mol. The van der Waals surface area contributed by atoms with E-state index in [1.807, 2.05) is 30.5 Å². The van der Waals surface area contributed by atoms with Gasteiger partial charge in [0.05, 0.1) is 36.7 Å². The van der Waals surface area contributed by atoms with Gasteiger partial charge < -0.3 is 14.1 Å². The van der Waals surface area contributed by atoms with Crippen LogP contribution in [0.15, 0.2) is 83.9 Å². The van der Waals surface area contributed by atoms with Gasteiger partial charge >= 0.3 is 0 Å². The van der Waals surface area contributed by atoms with Crippen molar-refractivity contribution >= 4 is 0 Å². The van der Waals surface area contributed by atoms with E-state index < -0.39 is 0 Å². The molecule has 28 heavy (non-hydrogen) atoms. The first kappa shape index (κ1) is 18.1. The molecule has 0 saturated heterocycles. The Balaban J connectivity index is 1.36. The number of benzene rings is 2. The van der Waals surface area contributed by atoms with Crippen molar-refractivity contribution in [3.63, 3.8) is 0 Å². The van der Waals surface area contributed by atoms with Crippen molar-refractivity contribution < 1.29 is 9.15 Å². The summed E-state index contributed by atoms with van der Waals surface area (Å²) in [6, 6.07) is 20.6. The maximum Gasteiger partial charge on any atom is 0.137 e. The predicted octanol–water partition coefficient (Wildman–Crippen LogP) is 6.13. The summed E-state index contributed by atoms with van der Waals surface area (Å²) in [4.78, 5) is 7.25. The summed E-state index contributed by atoms with van der Waals surface area (Å²) >= 11 is 0. The Bertz CT molecular complexity index is 961. The third kappa shape index (κ3) is 4.52. The molecule has 0 aliphatic heterocycles. The minimum Gasteiger partial charge on any atom is -0.493 e. The van der Waals surface area contributed by atoms with Crippen molar-refractivity contribution in [2.75, 3.05) is 6.61 Å². The highest BCUT2D eigenvalue weighted by Crippen LogP contribution is 2.34. The number of rotatable bonds is 9. The quantitative estimate of drug-likeness (QED) is 0.360. The zero-order valence-electron chi connectivity index (χ0n) is 15.8. The van der Waals surface area contributed by atoms with Crippen molar-refractivity contribution in [3.05, 3.63) is 85.0 Å². The van der Waals surface area contributed by atoms with Gasteiger partial charge in [-0.3, -0.25) is 0 Å². The Hall–Kier alpha value is -3.27. The number of H-pyrrole nitrogens is 1. The summed E-state index contributed by atoms with van der Waals surface area (Å²) in [5.41, 5.74) is 4.39. The molecule has 2 aromatic heterocycles. The number of nitrogens with zero attached hydrogens (tertiary/aromatic N) is 1. The fraction of sp³-hybridized carbons (Fsp3) is 0.208. The largest absolute Gasteiger partial charge is 0.493 e. The minimum absolute atomic E-state index is 0.700. The number of hydrogen-bond donors (Lipinski definition) is 1. The van der Waals surface area contributed by atoms with E-state index in [0.29, 0.717) is 6.61 Å². The molecule has 2 heterocycles. The Morgan fingerprint density at radius 2 is 1.86 bits per heavy atom. The number of aromatic nitrogens is 2. The second kappa shape index (κ2) is 9.09. The van der Waals surface area contributed by atoms with Crippen molar-refractivity contribution in [1.82, 2.24) is 9.97 Å². The maximum absolute atomic E-state index is 6.10. The second-order valence-electron chi connectivity index (χ2n) is 6.80. The third-order valence-electron chi connectivity index (χ3n) is 4.79. The van der Waals surface area contributed by atoms with Gasteiger partial charge in [-0.05, 0) is 61.6 Å². The summed E-state index contributed by atoms with van der Waals surface area (Å²) < 4.78 is 11.7. The molecule has 0 bridgehead atoms. The average Bonchev–Trinajstić information content (AvgIpc) is 3.46. The van der Waals surface area contributed by atoms with Gasteiger partial charge in [0.1, 0.15) is 11.5 Å². The topological polar surface area (TPSA) is 51.0 Å². The number of aromatic amines is 1. The molecular weight excluding hydrogens is 348 g/mol. The molecule has 4 heteroatoms. The molecule has 0 fully saturated rings. The Morgan fingerprint density at radius 3 is 2.64 bits per heavy atom. The molecule has 4 aromatic rings. The van der Waals surface area contributed by atoms with E-state index in [-0.39, 0.29) is 0 Å². The molecule has 0 unspecified atom stereocenters. The zero-order chi connectivity index (χ0) is 19.0. The van der Waals surface area contributed by atoms with Crippen molar-refractivity contribution in [3.8, 4) is 28.3 Å². The first-order chi connectivity index (χ1) is 13.9. The zero-order valence-corrected chi connectivity index (χ0v) is 15.8.